The normalized spacial score (nSPS) is 32.7. The Kier molecular flexibility index (Phi) is 5.04. The van der Waals surface area contributed by atoms with Crippen molar-refractivity contribution >= 4 is 0 Å². The smallest absolute Gasteiger partial charge is 0.168 e. The van der Waals surface area contributed by atoms with Gasteiger partial charge in [-0.1, -0.05) is 11.6 Å². The topological polar surface area (TPSA) is 36.9 Å². The molecule has 4 nitrogen and oxygen atoms in total. The Morgan fingerprint density at radius 3 is 2.09 bits per heavy atom. The van der Waals surface area contributed by atoms with Gasteiger partial charge in [0.05, 0.1) is 26.4 Å². The number of ether oxygens (including phenoxy) is 4. The number of hydrogen-bond acceptors (Lipinski definition) is 4. The molecule has 0 unspecified atom stereocenters. The highest BCUT2D eigenvalue weighted by molar-refractivity contribution is 5.06. The molecule has 0 radical (unpaired) electrons. The molecule has 2 aliphatic carbocycles. The van der Waals surface area contributed by atoms with Crippen LogP contribution in [-0.4, -0.2) is 38.5 Å². The predicted molar refractivity (Wildman–Crippen MR) is 86.9 cm³/mol. The van der Waals surface area contributed by atoms with Crippen LogP contribution in [0.1, 0.15) is 57.8 Å². The molecule has 2 saturated carbocycles. The number of allylic oxidation sites excluding steroid dienone is 1. The Balaban J connectivity index is 1.21. The Hall–Kier alpha value is -0.420. The van der Waals surface area contributed by atoms with Gasteiger partial charge in [-0.2, -0.15) is 0 Å². The summed E-state index contributed by atoms with van der Waals surface area (Å²) in [6, 6.07) is 0. The van der Waals surface area contributed by atoms with Crippen molar-refractivity contribution in [1.29, 1.82) is 0 Å². The van der Waals surface area contributed by atoms with Gasteiger partial charge in [0.15, 0.2) is 12.1 Å². The molecule has 23 heavy (non-hydrogen) atoms. The van der Waals surface area contributed by atoms with Gasteiger partial charge in [0.25, 0.3) is 0 Å². The maximum absolute atomic E-state index is 5.86. The van der Waals surface area contributed by atoms with Crippen molar-refractivity contribution < 1.29 is 18.9 Å². The first-order chi connectivity index (χ1) is 11.3. The molecule has 4 aliphatic rings. The van der Waals surface area contributed by atoms with E-state index in [9.17, 15) is 0 Å². The highest BCUT2D eigenvalue weighted by Gasteiger charge is 2.42. The number of rotatable bonds is 3. The van der Waals surface area contributed by atoms with Crippen molar-refractivity contribution in [2.24, 2.45) is 11.8 Å². The summed E-state index contributed by atoms with van der Waals surface area (Å²) < 4.78 is 22.8. The lowest BCUT2D eigenvalue weighted by molar-refractivity contribution is -0.185. The maximum atomic E-state index is 5.86. The maximum Gasteiger partial charge on any atom is 0.168 e. The summed E-state index contributed by atoms with van der Waals surface area (Å²) in [6.45, 7) is 3.09. The zero-order valence-corrected chi connectivity index (χ0v) is 14.1. The summed E-state index contributed by atoms with van der Waals surface area (Å²) >= 11 is 0. The zero-order valence-electron chi connectivity index (χ0n) is 14.1. The molecule has 0 amide bonds. The van der Waals surface area contributed by atoms with E-state index < -0.39 is 0 Å². The fourth-order valence-electron chi connectivity index (χ4n) is 4.83. The molecule has 0 aromatic carbocycles. The van der Waals surface area contributed by atoms with E-state index in [4.69, 9.17) is 18.9 Å². The van der Waals surface area contributed by atoms with Crippen LogP contribution in [-0.2, 0) is 18.9 Å². The summed E-state index contributed by atoms with van der Waals surface area (Å²) in [5.74, 6) is 1.60. The first-order valence-corrected chi connectivity index (χ1v) is 9.52. The Morgan fingerprint density at radius 1 is 0.826 bits per heavy atom. The van der Waals surface area contributed by atoms with Gasteiger partial charge < -0.3 is 18.9 Å². The molecule has 2 aliphatic heterocycles. The molecule has 2 saturated heterocycles. The molecule has 0 atom stereocenters. The first-order valence-electron chi connectivity index (χ1n) is 9.52. The molecule has 0 N–H and O–H groups in total. The van der Waals surface area contributed by atoms with E-state index in [0.717, 1.165) is 57.5 Å². The molecule has 1 spiro atoms. The molecule has 0 bridgehead atoms. The standard InChI is InChI=1S/C19H30O4/c1-4-16(5-2-15(1)3-6-18-20-11-12-21-18)17-7-9-19(10-8-17)22-13-14-23-19/h3,16-18H,1-2,4-14H2. The van der Waals surface area contributed by atoms with Crippen LogP contribution in [0.4, 0.5) is 0 Å². The van der Waals surface area contributed by atoms with E-state index in [-0.39, 0.29) is 12.1 Å². The summed E-state index contributed by atoms with van der Waals surface area (Å²) in [4.78, 5) is 0. The highest BCUT2D eigenvalue weighted by Crippen LogP contribution is 2.45. The van der Waals surface area contributed by atoms with Gasteiger partial charge in [-0.05, 0) is 50.4 Å². The minimum atomic E-state index is -0.197. The lowest BCUT2D eigenvalue weighted by Crippen LogP contribution is -2.37. The summed E-state index contributed by atoms with van der Waals surface area (Å²) in [7, 11) is 0. The predicted octanol–water partition coefficient (Wildman–Crippen LogP) is 3.80. The van der Waals surface area contributed by atoms with Crippen LogP contribution in [0.2, 0.25) is 0 Å². The Labute approximate surface area is 139 Å². The molecular formula is C19H30O4. The molecule has 4 fully saturated rings. The average molecular weight is 322 g/mol. The van der Waals surface area contributed by atoms with Gasteiger partial charge >= 0.3 is 0 Å². The second kappa shape index (κ2) is 7.22. The van der Waals surface area contributed by atoms with Crippen molar-refractivity contribution in [3.05, 3.63) is 11.6 Å². The van der Waals surface area contributed by atoms with Crippen LogP contribution in [0.15, 0.2) is 11.6 Å². The third-order valence-electron chi connectivity index (χ3n) is 6.23. The molecule has 130 valence electrons. The third kappa shape index (κ3) is 3.81. The minimum absolute atomic E-state index is 0.0150. The van der Waals surface area contributed by atoms with Crippen molar-refractivity contribution in [2.45, 2.75) is 69.9 Å². The zero-order chi connectivity index (χ0) is 15.5. The van der Waals surface area contributed by atoms with Gasteiger partial charge in [0.1, 0.15) is 0 Å². The van der Waals surface area contributed by atoms with E-state index in [1.54, 1.807) is 5.57 Å². The lowest BCUT2D eigenvalue weighted by atomic mass is 9.71. The molecule has 2 heterocycles. The van der Waals surface area contributed by atoms with Crippen LogP contribution in [0.5, 0.6) is 0 Å². The molecule has 4 heteroatoms. The van der Waals surface area contributed by atoms with Crippen molar-refractivity contribution in [3.8, 4) is 0 Å². The van der Waals surface area contributed by atoms with Gasteiger partial charge in [0.2, 0.25) is 0 Å². The van der Waals surface area contributed by atoms with Crippen LogP contribution in [0.3, 0.4) is 0 Å². The van der Waals surface area contributed by atoms with E-state index in [2.05, 4.69) is 6.08 Å². The second-order valence-electron chi connectivity index (χ2n) is 7.55. The minimum Gasteiger partial charge on any atom is -0.350 e. The van der Waals surface area contributed by atoms with Crippen LogP contribution in [0.25, 0.3) is 0 Å². The molecular weight excluding hydrogens is 292 g/mol. The molecule has 0 aromatic rings. The average Bonchev–Trinajstić information content (AvgIpc) is 3.27. The SMILES string of the molecule is C(CC1OCCO1)=C1CCC(C2CCC3(CC2)OCCO3)CC1. The second-order valence-corrected chi connectivity index (χ2v) is 7.55. The van der Waals surface area contributed by atoms with Crippen LogP contribution >= 0.6 is 0 Å². The van der Waals surface area contributed by atoms with Crippen molar-refractivity contribution in [2.75, 3.05) is 26.4 Å². The Bertz CT molecular complexity index is 401. The number of hydrogen-bond donors (Lipinski definition) is 0. The summed E-state index contributed by atoms with van der Waals surface area (Å²) in [6.07, 6.45) is 13.4. The third-order valence-corrected chi connectivity index (χ3v) is 6.23. The first kappa shape index (κ1) is 16.1. The lowest BCUT2D eigenvalue weighted by Gasteiger charge is -2.40. The Morgan fingerprint density at radius 2 is 1.43 bits per heavy atom. The van der Waals surface area contributed by atoms with Crippen LogP contribution in [0, 0.1) is 11.8 Å². The van der Waals surface area contributed by atoms with Crippen molar-refractivity contribution in [1.82, 2.24) is 0 Å². The van der Waals surface area contributed by atoms with Gasteiger partial charge in [-0.25, -0.2) is 0 Å². The molecule has 4 rings (SSSR count). The van der Waals surface area contributed by atoms with E-state index in [1.807, 2.05) is 0 Å². The quantitative estimate of drug-likeness (QED) is 0.741. The fourth-order valence-corrected chi connectivity index (χ4v) is 4.83. The van der Waals surface area contributed by atoms with Gasteiger partial charge in [-0.3, -0.25) is 0 Å². The molecule has 0 aromatic heterocycles. The monoisotopic (exact) mass is 322 g/mol. The highest BCUT2D eigenvalue weighted by atomic mass is 16.7. The van der Waals surface area contributed by atoms with E-state index in [1.165, 1.54) is 38.5 Å². The fraction of sp³-hybridized carbons (Fsp3) is 0.895. The summed E-state index contributed by atoms with van der Waals surface area (Å²) in [5.41, 5.74) is 1.62. The van der Waals surface area contributed by atoms with E-state index in [0.29, 0.717) is 0 Å². The van der Waals surface area contributed by atoms with Crippen molar-refractivity contribution in [3.63, 3.8) is 0 Å². The van der Waals surface area contributed by atoms with E-state index >= 15 is 0 Å². The van der Waals surface area contributed by atoms with Crippen LogP contribution < -0.4 is 0 Å². The van der Waals surface area contributed by atoms with Gasteiger partial charge in [-0.15, -0.1) is 0 Å². The van der Waals surface area contributed by atoms with Gasteiger partial charge in [0, 0.05) is 19.3 Å². The summed E-state index contributed by atoms with van der Waals surface area (Å²) in [5, 5.41) is 0. The largest absolute Gasteiger partial charge is 0.350 e.